The van der Waals surface area contributed by atoms with Crippen LogP contribution in [0.4, 0.5) is 5.13 Å². The van der Waals surface area contributed by atoms with Crippen LogP contribution in [0, 0.1) is 0 Å². The summed E-state index contributed by atoms with van der Waals surface area (Å²) in [6.45, 7) is 0.103. The number of nitrogens with zero attached hydrogens (tertiary/aromatic N) is 3. The highest BCUT2D eigenvalue weighted by Gasteiger charge is 2.30. The van der Waals surface area contributed by atoms with Crippen molar-refractivity contribution in [3.05, 3.63) is 11.1 Å². The SMILES string of the molecule is CO/N=C(/C(=O)O)c1csc(N2C(=O)CNC2=S)n1. The van der Waals surface area contributed by atoms with Gasteiger partial charge in [-0.2, -0.15) is 0 Å². The number of amides is 1. The van der Waals surface area contributed by atoms with Gasteiger partial charge in [-0.15, -0.1) is 11.3 Å². The van der Waals surface area contributed by atoms with E-state index in [-0.39, 0.29) is 29.0 Å². The number of rotatable bonds is 4. The third-order valence-corrected chi connectivity index (χ3v) is 3.31. The fourth-order valence-electron chi connectivity index (χ4n) is 1.38. The van der Waals surface area contributed by atoms with Crippen LogP contribution >= 0.6 is 23.6 Å². The Morgan fingerprint density at radius 1 is 1.74 bits per heavy atom. The van der Waals surface area contributed by atoms with Crippen LogP contribution in [0.2, 0.25) is 0 Å². The number of thiocarbonyl (C=S) groups is 1. The van der Waals surface area contributed by atoms with Crippen molar-refractivity contribution in [1.82, 2.24) is 10.3 Å². The molecule has 0 bridgehead atoms. The van der Waals surface area contributed by atoms with Crippen LogP contribution in [0.25, 0.3) is 0 Å². The minimum absolute atomic E-state index is 0.103. The van der Waals surface area contributed by atoms with E-state index in [9.17, 15) is 9.59 Å². The van der Waals surface area contributed by atoms with Crippen molar-refractivity contribution in [2.45, 2.75) is 0 Å². The molecule has 1 aliphatic rings. The summed E-state index contributed by atoms with van der Waals surface area (Å²) in [5.41, 5.74) is -0.229. The smallest absolute Gasteiger partial charge is 0.360 e. The Labute approximate surface area is 116 Å². The molecule has 2 rings (SSSR count). The quantitative estimate of drug-likeness (QED) is 0.451. The minimum atomic E-state index is -1.27. The Morgan fingerprint density at radius 2 is 2.47 bits per heavy atom. The Hall–Kier alpha value is -2.07. The van der Waals surface area contributed by atoms with Crippen molar-refractivity contribution in [2.24, 2.45) is 5.16 Å². The third kappa shape index (κ3) is 2.53. The van der Waals surface area contributed by atoms with Gasteiger partial charge >= 0.3 is 5.97 Å². The average molecular weight is 300 g/mol. The van der Waals surface area contributed by atoms with E-state index in [1.807, 2.05) is 0 Å². The summed E-state index contributed by atoms with van der Waals surface area (Å²) in [5, 5.41) is 17.1. The lowest BCUT2D eigenvalue weighted by Crippen LogP contribution is -2.30. The van der Waals surface area contributed by atoms with Crippen LogP contribution in [0.3, 0.4) is 0 Å². The molecular formula is C9H8N4O4S2. The van der Waals surface area contributed by atoms with Crippen molar-refractivity contribution < 1.29 is 19.5 Å². The van der Waals surface area contributed by atoms with E-state index in [1.165, 1.54) is 17.4 Å². The zero-order chi connectivity index (χ0) is 14.0. The summed E-state index contributed by atoms with van der Waals surface area (Å²) in [6.07, 6.45) is 0. The molecule has 19 heavy (non-hydrogen) atoms. The topological polar surface area (TPSA) is 104 Å². The maximum Gasteiger partial charge on any atom is 0.360 e. The molecule has 0 radical (unpaired) electrons. The Bertz CT molecular complexity index is 567. The molecule has 0 unspecified atom stereocenters. The molecule has 2 heterocycles. The molecule has 2 N–H and O–H groups in total. The van der Waals surface area contributed by atoms with Gasteiger partial charge in [-0.25, -0.2) is 14.7 Å². The van der Waals surface area contributed by atoms with Gasteiger partial charge in [0.15, 0.2) is 10.2 Å². The highest BCUT2D eigenvalue weighted by Crippen LogP contribution is 2.23. The first kappa shape index (κ1) is 13.4. The Kier molecular flexibility index (Phi) is 3.71. The lowest BCUT2D eigenvalue weighted by Gasteiger charge is -2.09. The first-order valence-corrected chi connectivity index (χ1v) is 6.24. The van der Waals surface area contributed by atoms with E-state index in [2.05, 4.69) is 20.3 Å². The molecule has 0 spiro atoms. The standard InChI is InChI=1S/C9H8N4O4S2/c1-17-12-6(7(15)16)4-3-19-9(11-4)13-5(14)2-10-8(13)18/h3H,2H2,1H3,(H,10,18)(H,15,16)/b12-6+. The highest BCUT2D eigenvalue weighted by atomic mass is 32.1. The molecule has 100 valence electrons. The normalized spacial score (nSPS) is 15.6. The predicted octanol–water partition coefficient (Wildman–Crippen LogP) is -0.201. The van der Waals surface area contributed by atoms with Gasteiger partial charge in [0.1, 0.15) is 12.8 Å². The maximum absolute atomic E-state index is 11.6. The first-order valence-electron chi connectivity index (χ1n) is 4.95. The van der Waals surface area contributed by atoms with Crippen molar-refractivity contribution in [3.63, 3.8) is 0 Å². The van der Waals surface area contributed by atoms with Crippen molar-refractivity contribution in [2.75, 3.05) is 18.6 Å². The number of carboxylic acids is 1. The lowest BCUT2D eigenvalue weighted by atomic mass is 10.3. The van der Waals surface area contributed by atoms with Crippen molar-refractivity contribution in [3.8, 4) is 0 Å². The average Bonchev–Trinajstić information content (AvgIpc) is 2.93. The number of hydrogen-bond acceptors (Lipinski definition) is 7. The molecule has 10 heteroatoms. The van der Waals surface area contributed by atoms with Gasteiger partial charge < -0.3 is 15.3 Å². The lowest BCUT2D eigenvalue weighted by molar-refractivity contribution is -0.129. The molecule has 0 atom stereocenters. The van der Waals surface area contributed by atoms with Crippen LogP contribution in [0.15, 0.2) is 10.5 Å². The summed E-state index contributed by atoms with van der Waals surface area (Å²) in [7, 11) is 1.24. The molecule has 1 aromatic rings. The number of aromatic nitrogens is 1. The monoisotopic (exact) mass is 300 g/mol. The van der Waals surface area contributed by atoms with Gasteiger partial charge in [0.05, 0.1) is 6.54 Å². The molecule has 0 saturated carbocycles. The Balaban J connectivity index is 2.33. The van der Waals surface area contributed by atoms with Gasteiger partial charge in [0, 0.05) is 5.38 Å². The second-order valence-electron chi connectivity index (χ2n) is 3.33. The minimum Gasteiger partial charge on any atom is -0.476 e. The molecule has 1 aromatic heterocycles. The van der Waals surface area contributed by atoms with E-state index in [0.717, 1.165) is 11.3 Å². The number of thiazole rings is 1. The number of carboxylic acid groups (broad SMARTS) is 1. The van der Waals surface area contributed by atoms with Crippen LogP contribution in [0.1, 0.15) is 5.69 Å². The fraction of sp³-hybridized carbons (Fsp3) is 0.222. The molecule has 1 aliphatic heterocycles. The van der Waals surface area contributed by atoms with Gasteiger partial charge in [-0.1, -0.05) is 5.16 Å². The summed E-state index contributed by atoms with van der Waals surface area (Å²) in [5.74, 6) is -1.52. The number of hydrogen-bond donors (Lipinski definition) is 2. The van der Waals surface area contributed by atoms with Gasteiger partial charge in [0.25, 0.3) is 5.91 Å². The van der Waals surface area contributed by atoms with Crippen LogP contribution in [0.5, 0.6) is 0 Å². The number of aliphatic carboxylic acids is 1. The summed E-state index contributed by atoms with van der Waals surface area (Å²) in [6, 6.07) is 0. The van der Waals surface area contributed by atoms with E-state index in [1.54, 1.807) is 0 Å². The van der Waals surface area contributed by atoms with Crippen LogP contribution < -0.4 is 10.2 Å². The largest absolute Gasteiger partial charge is 0.476 e. The molecule has 1 saturated heterocycles. The fourth-order valence-corrected chi connectivity index (χ4v) is 2.53. The zero-order valence-corrected chi connectivity index (χ0v) is 11.2. The molecule has 0 aliphatic carbocycles. The number of oxime groups is 1. The van der Waals surface area contributed by atoms with Crippen LogP contribution in [-0.4, -0.2) is 46.4 Å². The summed E-state index contributed by atoms with van der Waals surface area (Å²) >= 11 is 6.06. The van der Waals surface area contributed by atoms with Crippen molar-refractivity contribution >= 4 is 51.4 Å². The van der Waals surface area contributed by atoms with Crippen molar-refractivity contribution in [1.29, 1.82) is 0 Å². The summed E-state index contributed by atoms with van der Waals surface area (Å²) in [4.78, 5) is 32.3. The van der Waals surface area contributed by atoms with E-state index >= 15 is 0 Å². The van der Waals surface area contributed by atoms with E-state index in [4.69, 9.17) is 17.3 Å². The maximum atomic E-state index is 11.6. The predicted molar refractivity (Wildman–Crippen MR) is 71.4 cm³/mol. The number of anilines is 1. The molecule has 1 amide bonds. The van der Waals surface area contributed by atoms with Gasteiger partial charge in [0.2, 0.25) is 5.71 Å². The zero-order valence-electron chi connectivity index (χ0n) is 9.61. The number of carbonyl (C=O) groups is 2. The van der Waals surface area contributed by atoms with E-state index in [0.29, 0.717) is 5.13 Å². The van der Waals surface area contributed by atoms with E-state index < -0.39 is 5.97 Å². The second-order valence-corrected chi connectivity index (χ2v) is 4.55. The molecule has 8 nitrogen and oxygen atoms in total. The molecule has 0 aromatic carbocycles. The third-order valence-electron chi connectivity index (χ3n) is 2.15. The molecular weight excluding hydrogens is 292 g/mol. The second kappa shape index (κ2) is 5.28. The number of nitrogens with one attached hydrogen (secondary N) is 1. The molecule has 1 fully saturated rings. The first-order chi connectivity index (χ1) is 9.04. The summed E-state index contributed by atoms with van der Waals surface area (Å²) < 4.78 is 0. The number of carbonyl (C=O) groups excluding carboxylic acids is 1. The highest BCUT2D eigenvalue weighted by molar-refractivity contribution is 7.80. The van der Waals surface area contributed by atoms with Crippen LogP contribution in [-0.2, 0) is 14.4 Å². The van der Waals surface area contributed by atoms with Gasteiger partial charge in [-0.3, -0.25) is 4.79 Å². The Morgan fingerprint density at radius 3 is 3.00 bits per heavy atom. The van der Waals surface area contributed by atoms with Gasteiger partial charge in [-0.05, 0) is 12.2 Å².